The van der Waals surface area contributed by atoms with E-state index in [1.807, 2.05) is 18.2 Å². The number of carbonyl (C=O) groups is 1. The van der Waals surface area contributed by atoms with Gasteiger partial charge in [0.2, 0.25) is 5.91 Å². The summed E-state index contributed by atoms with van der Waals surface area (Å²) in [6.07, 6.45) is 3.46. The van der Waals surface area contributed by atoms with E-state index in [2.05, 4.69) is 38.4 Å². The highest BCUT2D eigenvalue weighted by Gasteiger charge is 2.33. The SMILES string of the molecule is CCCN1CCC(NC2C(=O)Nc3cc(Br)ccc32)CC1. The highest BCUT2D eigenvalue weighted by molar-refractivity contribution is 9.10. The fraction of sp³-hybridized carbons (Fsp3) is 0.562. The van der Waals surface area contributed by atoms with E-state index in [0.717, 1.165) is 41.7 Å². The van der Waals surface area contributed by atoms with Crippen molar-refractivity contribution in [2.75, 3.05) is 25.0 Å². The van der Waals surface area contributed by atoms with Crippen molar-refractivity contribution >= 4 is 27.5 Å². The van der Waals surface area contributed by atoms with Crippen molar-refractivity contribution in [2.45, 2.75) is 38.3 Å². The minimum Gasteiger partial charge on any atom is -0.324 e. The lowest BCUT2D eigenvalue weighted by molar-refractivity contribution is -0.118. The second-order valence-corrected chi connectivity index (χ2v) is 6.85. The molecule has 1 saturated heterocycles. The molecule has 114 valence electrons. The fourth-order valence-corrected chi connectivity index (χ4v) is 3.64. The number of hydrogen-bond acceptors (Lipinski definition) is 3. The summed E-state index contributed by atoms with van der Waals surface area (Å²) in [6, 6.07) is 6.23. The molecule has 3 rings (SSSR count). The van der Waals surface area contributed by atoms with Crippen LogP contribution in [0.3, 0.4) is 0 Å². The number of likely N-dealkylation sites (tertiary alicyclic amines) is 1. The molecule has 0 spiro atoms. The first-order valence-electron chi connectivity index (χ1n) is 7.76. The zero-order valence-electron chi connectivity index (χ0n) is 12.4. The van der Waals surface area contributed by atoms with E-state index < -0.39 is 0 Å². The molecule has 1 unspecified atom stereocenters. The molecule has 1 aromatic carbocycles. The Labute approximate surface area is 134 Å². The Bertz CT molecular complexity index is 526. The lowest BCUT2D eigenvalue weighted by atomic mass is 10.0. The molecular weight excluding hydrogens is 330 g/mol. The first-order chi connectivity index (χ1) is 10.2. The largest absolute Gasteiger partial charge is 0.324 e. The average Bonchev–Trinajstić information content (AvgIpc) is 2.76. The molecule has 4 nitrogen and oxygen atoms in total. The van der Waals surface area contributed by atoms with Crippen molar-refractivity contribution in [3.8, 4) is 0 Å². The molecule has 2 aliphatic heterocycles. The Balaban J connectivity index is 1.63. The van der Waals surface area contributed by atoms with E-state index >= 15 is 0 Å². The second-order valence-electron chi connectivity index (χ2n) is 5.94. The summed E-state index contributed by atoms with van der Waals surface area (Å²) in [5, 5.41) is 6.52. The predicted molar refractivity (Wildman–Crippen MR) is 88.4 cm³/mol. The molecule has 1 aromatic rings. The maximum Gasteiger partial charge on any atom is 0.246 e. The summed E-state index contributed by atoms with van der Waals surface area (Å²) >= 11 is 3.45. The molecule has 1 atom stereocenters. The summed E-state index contributed by atoms with van der Waals surface area (Å²) < 4.78 is 0.995. The standard InChI is InChI=1S/C16H22BrN3O/c1-2-7-20-8-5-12(6-9-20)18-15-13-4-3-11(17)10-14(13)19-16(15)21/h3-4,10,12,15,18H,2,5-9H2,1H3,(H,19,21). The van der Waals surface area contributed by atoms with Gasteiger partial charge in [-0.15, -0.1) is 0 Å². The third-order valence-corrected chi connectivity index (χ3v) is 4.87. The Kier molecular flexibility index (Phi) is 4.62. The van der Waals surface area contributed by atoms with Crippen LogP contribution in [-0.2, 0) is 4.79 Å². The number of anilines is 1. The molecule has 5 heteroatoms. The number of rotatable bonds is 4. The van der Waals surface area contributed by atoms with Gasteiger partial charge in [0.25, 0.3) is 0 Å². The van der Waals surface area contributed by atoms with Gasteiger partial charge in [-0.25, -0.2) is 0 Å². The topological polar surface area (TPSA) is 44.4 Å². The molecule has 1 amide bonds. The van der Waals surface area contributed by atoms with E-state index in [0.29, 0.717) is 6.04 Å². The van der Waals surface area contributed by atoms with Gasteiger partial charge in [0, 0.05) is 21.8 Å². The van der Waals surface area contributed by atoms with Crippen LogP contribution in [0.25, 0.3) is 0 Å². The van der Waals surface area contributed by atoms with E-state index in [9.17, 15) is 4.79 Å². The Morgan fingerprint density at radius 3 is 2.86 bits per heavy atom. The van der Waals surface area contributed by atoms with Crippen LogP contribution in [0, 0.1) is 0 Å². The minimum atomic E-state index is -0.198. The van der Waals surface area contributed by atoms with E-state index in [4.69, 9.17) is 0 Å². The molecule has 0 aliphatic carbocycles. The van der Waals surface area contributed by atoms with Crippen LogP contribution in [0.5, 0.6) is 0 Å². The van der Waals surface area contributed by atoms with Crippen LogP contribution >= 0.6 is 15.9 Å². The van der Waals surface area contributed by atoms with Crippen molar-refractivity contribution in [3.05, 3.63) is 28.2 Å². The maximum absolute atomic E-state index is 12.2. The van der Waals surface area contributed by atoms with Gasteiger partial charge in [-0.1, -0.05) is 28.9 Å². The molecule has 0 bridgehead atoms. The zero-order valence-corrected chi connectivity index (χ0v) is 13.9. The smallest absolute Gasteiger partial charge is 0.246 e. The van der Waals surface area contributed by atoms with E-state index in [1.54, 1.807) is 0 Å². The van der Waals surface area contributed by atoms with Crippen LogP contribution in [0.2, 0.25) is 0 Å². The Hall–Kier alpha value is -0.910. The van der Waals surface area contributed by atoms with Crippen molar-refractivity contribution < 1.29 is 4.79 Å². The van der Waals surface area contributed by atoms with Crippen molar-refractivity contribution in [3.63, 3.8) is 0 Å². The minimum absolute atomic E-state index is 0.0686. The Morgan fingerprint density at radius 1 is 1.38 bits per heavy atom. The van der Waals surface area contributed by atoms with Gasteiger partial charge in [0.15, 0.2) is 0 Å². The van der Waals surface area contributed by atoms with Crippen LogP contribution in [0.1, 0.15) is 37.8 Å². The molecule has 2 N–H and O–H groups in total. The number of nitrogens with zero attached hydrogens (tertiary/aromatic N) is 1. The van der Waals surface area contributed by atoms with Gasteiger partial charge in [-0.2, -0.15) is 0 Å². The van der Waals surface area contributed by atoms with Crippen LogP contribution in [0.4, 0.5) is 5.69 Å². The number of nitrogens with one attached hydrogen (secondary N) is 2. The summed E-state index contributed by atoms with van der Waals surface area (Å²) in [5.41, 5.74) is 1.99. The van der Waals surface area contributed by atoms with Crippen molar-refractivity contribution in [2.24, 2.45) is 0 Å². The van der Waals surface area contributed by atoms with E-state index in [-0.39, 0.29) is 11.9 Å². The number of hydrogen-bond donors (Lipinski definition) is 2. The van der Waals surface area contributed by atoms with Gasteiger partial charge in [-0.05, 0) is 51.0 Å². The normalized spacial score (nSPS) is 23.1. The van der Waals surface area contributed by atoms with Gasteiger partial charge >= 0.3 is 0 Å². The van der Waals surface area contributed by atoms with Gasteiger partial charge < -0.3 is 10.2 Å². The molecule has 0 radical (unpaired) electrons. The van der Waals surface area contributed by atoms with Crippen molar-refractivity contribution in [1.82, 2.24) is 10.2 Å². The van der Waals surface area contributed by atoms with Crippen molar-refractivity contribution in [1.29, 1.82) is 0 Å². The summed E-state index contributed by atoms with van der Waals surface area (Å²) in [4.78, 5) is 14.7. The number of fused-ring (bicyclic) bond motifs is 1. The average molecular weight is 352 g/mol. The van der Waals surface area contributed by atoms with Crippen LogP contribution in [0.15, 0.2) is 22.7 Å². The third kappa shape index (κ3) is 3.30. The van der Waals surface area contributed by atoms with Gasteiger partial charge in [-0.3, -0.25) is 10.1 Å². The molecule has 21 heavy (non-hydrogen) atoms. The van der Waals surface area contributed by atoms with E-state index in [1.165, 1.54) is 13.0 Å². The highest BCUT2D eigenvalue weighted by Crippen LogP contribution is 2.33. The van der Waals surface area contributed by atoms with Gasteiger partial charge in [0.1, 0.15) is 6.04 Å². The maximum atomic E-state index is 12.2. The molecule has 2 aliphatic rings. The first-order valence-corrected chi connectivity index (χ1v) is 8.55. The first kappa shape index (κ1) is 15.0. The monoisotopic (exact) mass is 351 g/mol. The highest BCUT2D eigenvalue weighted by atomic mass is 79.9. The quantitative estimate of drug-likeness (QED) is 0.876. The molecule has 1 fully saturated rings. The number of amides is 1. The lowest BCUT2D eigenvalue weighted by Gasteiger charge is -2.33. The number of carbonyl (C=O) groups excluding carboxylic acids is 1. The summed E-state index contributed by atoms with van der Waals surface area (Å²) in [6.45, 7) is 5.68. The number of piperidine rings is 1. The summed E-state index contributed by atoms with van der Waals surface area (Å²) in [7, 11) is 0. The number of halogens is 1. The second kappa shape index (κ2) is 6.46. The molecule has 2 heterocycles. The van der Waals surface area contributed by atoms with Crippen LogP contribution < -0.4 is 10.6 Å². The molecule has 0 aromatic heterocycles. The fourth-order valence-electron chi connectivity index (χ4n) is 3.28. The molecule has 0 saturated carbocycles. The third-order valence-electron chi connectivity index (χ3n) is 4.38. The zero-order chi connectivity index (χ0) is 14.8. The van der Waals surface area contributed by atoms with Gasteiger partial charge in [0.05, 0.1) is 0 Å². The lowest BCUT2D eigenvalue weighted by Crippen LogP contribution is -2.45. The molecular formula is C16H22BrN3O. The predicted octanol–water partition coefficient (Wildman–Crippen LogP) is 2.91. The number of benzene rings is 1. The van der Waals surface area contributed by atoms with Crippen LogP contribution in [-0.4, -0.2) is 36.5 Å². The Morgan fingerprint density at radius 2 is 2.14 bits per heavy atom. The summed E-state index contributed by atoms with van der Waals surface area (Å²) in [5.74, 6) is 0.0686.